The number of piperidine rings is 2. The predicted octanol–water partition coefficient (Wildman–Crippen LogP) is 0.393. The van der Waals surface area contributed by atoms with Crippen molar-refractivity contribution < 1.29 is 32.3 Å². The van der Waals surface area contributed by atoms with Crippen LogP contribution in [0.4, 0.5) is 13.2 Å². The molecule has 3 N–H and O–H groups in total. The lowest BCUT2D eigenvalue weighted by molar-refractivity contribution is -0.176. The van der Waals surface area contributed by atoms with Crippen LogP contribution >= 0.6 is 0 Å². The molecule has 0 aromatic rings. The summed E-state index contributed by atoms with van der Waals surface area (Å²) in [7, 11) is 1.87. The number of hydrogen-bond donors (Lipinski definition) is 3. The standard InChI is InChI=1S/C25H35F3N6O4/c1-24(2)16-12-34(19(17(16)24)21(36)31-15(11-29)10-14-4-7-30-20(14)35)22(37)18(32-23(38)25(26,27)28)13-5-8-33(3)9-6-13/h13-19H,4-10,12H2,1-3H3,(H,30,35)(H,31,36)(H,32,38)/t14?,15-,16-,17-,18?,19-/m0/s1. The second-order valence-corrected chi connectivity index (χ2v) is 11.7. The Balaban J connectivity index is 1.54. The number of amides is 4. The van der Waals surface area contributed by atoms with Crippen molar-refractivity contribution in [2.45, 2.75) is 63.8 Å². The molecule has 0 spiro atoms. The highest BCUT2D eigenvalue weighted by Gasteiger charge is 2.69. The molecule has 0 aromatic carbocycles. The van der Waals surface area contributed by atoms with E-state index in [4.69, 9.17) is 0 Å². The van der Waals surface area contributed by atoms with E-state index in [0.29, 0.717) is 38.9 Å². The van der Waals surface area contributed by atoms with Crippen molar-refractivity contribution in [3.05, 3.63) is 0 Å². The maximum atomic E-state index is 13.8. The fourth-order valence-electron chi connectivity index (χ4n) is 6.51. The fraction of sp³-hybridized carbons (Fsp3) is 0.800. The smallest absolute Gasteiger partial charge is 0.356 e. The number of hydrogen-bond acceptors (Lipinski definition) is 6. The second kappa shape index (κ2) is 10.4. The van der Waals surface area contributed by atoms with Gasteiger partial charge in [0, 0.05) is 19.0 Å². The van der Waals surface area contributed by atoms with Crippen LogP contribution in [0.3, 0.4) is 0 Å². The second-order valence-electron chi connectivity index (χ2n) is 11.7. The number of fused-ring (bicyclic) bond motifs is 1. The molecule has 38 heavy (non-hydrogen) atoms. The summed E-state index contributed by atoms with van der Waals surface area (Å²) in [6, 6.07) is -1.33. The normalized spacial score (nSPS) is 30.6. The van der Waals surface area contributed by atoms with E-state index < -0.39 is 53.9 Å². The first-order valence-electron chi connectivity index (χ1n) is 13.1. The van der Waals surface area contributed by atoms with Gasteiger partial charge in [0.1, 0.15) is 18.1 Å². The van der Waals surface area contributed by atoms with Gasteiger partial charge in [0.25, 0.3) is 0 Å². The maximum absolute atomic E-state index is 13.8. The van der Waals surface area contributed by atoms with Crippen LogP contribution in [0.5, 0.6) is 0 Å². The number of nitrogens with zero attached hydrogens (tertiary/aromatic N) is 3. The van der Waals surface area contributed by atoms with Crippen LogP contribution in [0.15, 0.2) is 0 Å². The zero-order chi connectivity index (χ0) is 28.0. The molecule has 2 unspecified atom stereocenters. The summed E-state index contributed by atoms with van der Waals surface area (Å²) in [5.41, 5.74) is -0.259. The van der Waals surface area contributed by atoms with Crippen molar-refractivity contribution >= 4 is 23.6 Å². The molecule has 4 amide bonds. The molecule has 1 aliphatic carbocycles. The Morgan fingerprint density at radius 3 is 2.39 bits per heavy atom. The predicted molar refractivity (Wildman–Crippen MR) is 128 cm³/mol. The van der Waals surface area contributed by atoms with E-state index in [-0.39, 0.29) is 36.1 Å². The highest BCUT2D eigenvalue weighted by atomic mass is 19.4. The lowest BCUT2D eigenvalue weighted by atomic mass is 9.87. The van der Waals surface area contributed by atoms with Gasteiger partial charge in [-0.2, -0.15) is 18.4 Å². The zero-order valence-corrected chi connectivity index (χ0v) is 21.8. The van der Waals surface area contributed by atoms with E-state index in [1.807, 2.05) is 37.2 Å². The summed E-state index contributed by atoms with van der Waals surface area (Å²) < 4.78 is 39.5. The first-order chi connectivity index (χ1) is 17.8. The Morgan fingerprint density at radius 2 is 1.84 bits per heavy atom. The minimum absolute atomic E-state index is 0.0280. The zero-order valence-electron chi connectivity index (χ0n) is 21.8. The molecule has 13 heteroatoms. The van der Waals surface area contributed by atoms with E-state index in [1.165, 1.54) is 4.90 Å². The van der Waals surface area contributed by atoms with Crippen LogP contribution in [0.2, 0.25) is 0 Å². The van der Waals surface area contributed by atoms with Crippen LogP contribution in [0.1, 0.15) is 39.5 Å². The van der Waals surface area contributed by atoms with Crippen LogP contribution in [0.25, 0.3) is 0 Å². The SMILES string of the molecule is CN1CCC(C(NC(=O)C(F)(F)F)C(=O)N2C[C@H]3[C@@H]([C@H]2C(=O)N[C@H](C#N)CC2CCNC2=O)C3(C)C)CC1. The van der Waals surface area contributed by atoms with E-state index >= 15 is 0 Å². The van der Waals surface area contributed by atoms with Crippen molar-refractivity contribution in [2.75, 3.05) is 33.2 Å². The van der Waals surface area contributed by atoms with Crippen molar-refractivity contribution in [3.8, 4) is 6.07 Å². The van der Waals surface area contributed by atoms with Gasteiger partial charge in [-0.25, -0.2) is 0 Å². The van der Waals surface area contributed by atoms with Crippen molar-refractivity contribution in [3.63, 3.8) is 0 Å². The number of rotatable bonds is 7. The molecule has 4 rings (SSSR count). The third kappa shape index (κ3) is 5.46. The summed E-state index contributed by atoms with van der Waals surface area (Å²) >= 11 is 0. The molecule has 0 radical (unpaired) electrons. The van der Waals surface area contributed by atoms with Gasteiger partial charge in [-0.3, -0.25) is 19.2 Å². The molecule has 10 nitrogen and oxygen atoms in total. The van der Waals surface area contributed by atoms with Gasteiger partial charge < -0.3 is 25.8 Å². The number of carbonyl (C=O) groups excluding carboxylic acids is 4. The summed E-state index contributed by atoms with van der Waals surface area (Å²) in [5, 5.41) is 16.9. The van der Waals surface area contributed by atoms with E-state index in [1.54, 1.807) is 0 Å². The number of likely N-dealkylation sites (tertiary alicyclic amines) is 2. The van der Waals surface area contributed by atoms with Gasteiger partial charge in [-0.15, -0.1) is 0 Å². The van der Waals surface area contributed by atoms with Gasteiger partial charge in [0.15, 0.2) is 0 Å². The molecule has 3 saturated heterocycles. The van der Waals surface area contributed by atoms with Crippen LogP contribution < -0.4 is 16.0 Å². The molecule has 210 valence electrons. The number of nitrogens with one attached hydrogen (secondary N) is 3. The Labute approximate surface area is 219 Å². The van der Waals surface area contributed by atoms with Crippen LogP contribution in [-0.4, -0.2) is 91.0 Å². The molecular formula is C25H35F3N6O4. The number of carbonyl (C=O) groups is 4. The molecule has 6 atom stereocenters. The summed E-state index contributed by atoms with van der Waals surface area (Å²) in [4.78, 5) is 54.4. The number of halogens is 3. The number of alkyl halides is 3. The minimum atomic E-state index is -5.15. The van der Waals surface area contributed by atoms with Gasteiger partial charge in [-0.1, -0.05) is 13.8 Å². The van der Waals surface area contributed by atoms with Crippen molar-refractivity contribution in [1.82, 2.24) is 25.8 Å². The van der Waals surface area contributed by atoms with E-state index in [2.05, 4.69) is 10.6 Å². The monoisotopic (exact) mass is 540 g/mol. The highest BCUT2D eigenvalue weighted by molar-refractivity contribution is 5.94. The first kappa shape index (κ1) is 28.1. The van der Waals surface area contributed by atoms with Crippen LogP contribution in [-0.2, 0) is 19.2 Å². The molecule has 4 aliphatic rings. The average molecular weight is 541 g/mol. The van der Waals surface area contributed by atoms with Gasteiger partial charge in [0.2, 0.25) is 17.7 Å². The molecular weight excluding hydrogens is 505 g/mol. The Bertz CT molecular complexity index is 1020. The molecule has 3 aliphatic heterocycles. The number of nitriles is 1. The summed E-state index contributed by atoms with van der Waals surface area (Å²) in [6.45, 7) is 5.75. The summed E-state index contributed by atoms with van der Waals surface area (Å²) in [6.07, 6.45) is -3.62. The Kier molecular flexibility index (Phi) is 7.67. The largest absolute Gasteiger partial charge is 0.471 e. The first-order valence-corrected chi connectivity index (χ1v) is 13.1. The molecule has 0 aromatic heterocycles. The maximum Gasteiger partial charge on any atom is 0.471 e. The third-order valence-corrected chi connectivity index (χ3v) is 8.96. The van der Waals surface area contributed by atoms with E-state index in [0.717, 1.165) is 0 Å². The van der Waals surface area contributed by atoms with E-state index in [9.17, 15) is 37.6 Å². The van der Waals surface area contributed by atoms with Crippen LogP contribution in [0, 0.1) is 40.4 Å². The third-order valence-electron chi connectivity index (χ3n) is 8.96. The quantitative estimate of drug-likeness (QED) is 0.428. The van der Waals surface area contributed by atoms with Gasteiger partial charge >= 0.3 is 12.1 Å². The topological polar surface area (TPSA) is 135 Å². The molecule has 3 heterocycles. The Morgan fingerprint density at radius 1 is 1.18 bits per heavy atom. The van der Waals surface area contributed by atoms with Crippen molar-refractivity contribution in [2.24, 2.45) is 29.1 Å². The van der Waals surface area contributed by atoms with Gasteiger partial charge in [-0.05, 0) is 69.0 Å². The lowest BCUT2D eigenvalue weighted by Gasteiger charge is -2.38. The lowest BCUT2D eigenvalue weighted by Crippen LogP contribution is -2.60. The minimum Gasteiger partial charge on any atom is -0.356 e. The van der Waals surface area contributed by atoms with Gasteiger partial charge in [0.05, 0.1) is 6.07 Å². The highest BCUT2D eigenvalue weighted by Crippen LogP contribution is 2.65. The average Bonchev–Trinajstić information content (AvgIpc) is 3.20. The van der Waals surface area contributed by atoms with Crippen molar-refractivity contribution in [1.29, 1.82) is 5.26 Å². The molecule has 4 fully saturated rings. The summed E-state index contributed by atoms with van der Waals surface area (Å²) in [5.74, 6) is -4.79. The fourth-order valence-corrected chi connectivity index (χ4v) is 6.51. The molecule has 0 bridgehead atoms. The Hall–Kier alpha value is -2.88. The molecule has 1 saturated carbocycles.